The molecular formula is C28H41N7O3S. The van der Waals surface area contributed by atoms with Gasteiger partial charge in [-0.3, -0.25) is 20.3 Å². The number of hydrogen-bond acceptors (Lipinski definition) is 9. The van der Waals surface area contributed by atoms with Gasteiger partial charge in [-0.1, -0.05) is 12.1 Å². The van der Waals surface area contributed by atoms with Crippen molar-refractivity contribution >= 4 is 33.6 Å². The summed E-state index contributed by atoms with van der Waals surface area (Å²) in [5.74, 6) is -0.384. The van der Waals surface area contributed by atoms with Gasteiger partial charge in [0.25, 0.3) is 0 Å². The van der Waals surface area contributed by atoms with Gasteiger partial charge in [0, 0.05) is 44.2 Å². The van der Waals surface area contributed by atoms with Gasteiger partial charge in [-0.05, 0) is 65.1 Å². The summed E-state index contributed by atoms with van der Waals surface area (Å²) in [4.78, 5) is 35.1. The molecule has 4 fully saturated rings. The number of hydrogen-bond donors (Lipinski definition) is 4. The second kappa shape index (κ2) is 10.6. The number of amides is 2. The van der Waals surface area contributed by atoms with Crippen LogP contribution in [0.4, 0.5) is 4.79 Å². The number of nitrogens with one attached hydrogen (secondary N) is 4. The van der Waals surface area contributed by atoms with E-state index in [0.717, 1.165) is 80.2 Å². The molecule has 4 saturated heterocycles. The van der Waals surface area contributed by atoms with Crippen molar-refractivity contribution in [1.29, 1.82) is 0 Å². The van der Waals surface area contributed by atoms with E-state index in [1.54, 1.807) is 11.3 Å². The molecule has 6 rings (SSSR count). The highest BCUT2D eigenvalue weighted by Gasteiger charge is 2.49. The largest absolute Gasteiger partial charge is 0.444 e. The molecule has 4 aliphatic rings. The molecule has 4 atom stereocenters. The van der Waals surface area contributed by atoms with Gasteiger partial charge < -0.3 is 20.3 Å². The number of nitrogens with zero attached hydrogens (tertiary/aromatic N) is 3. The molecule has 0 bridgehead atoms. The minimum Gasteiger partial charge on any atom is -0.444 e. The molecule has 10 nitrogen and oxygen atoms in total. The first-order valence-electron chi connectivity index (χ1n) is 14.3. The summed E-state index contributed by atoms with van der Waals surface area (Å²) < 4.78 is 6.65. The number of carbonyl (C=O) groups is 2. The SMILES string of the molecule is CC(C)(C)OC(=O)N1CC2(CCN(C3NC(=O)C(c4nc5ccccc5s4)C(N[C@@H]4CCCNC4)N3)CC2)C1. The number of likely N-dealkylation sites (tertiary alicyclic amines) is 2. The van der Waals surface area contributed by atoms with E-state index in [2.05, 4.69) is 32.2 Å². The summed E-state index contributed by atoms with van der Waals surface area (Å²) in [5, 5.41) is 15.1. The van der Waals surface area contributed by atoms with E-state index in [4.69, 9.17) is 9.72 Å². The Labute approximate surface area is 234 Å². The van der Waals surface area contributed by atoms with Crippen LogP contribution in [-0.2, 0) is 9.53 Å². The van der Waals surface area contributed by atoms with Crippen LogP contribution in [0.2, 0.25) is 0 Å². The highest BCUT2D eigenvalue weighted by molar-refractivity contribution is 7.18. The maximum absolute atomic E-state index is 13.7. The van der Waals surface area contributed by atoms with E-state index in [9.17, 15) is 9.59 Å². The first kappa shape index (κ1) is 26.9. The molecule has 0 aliphatic carbocycles. The van der Waals surface area contributed by atoms with Crippen LogP contribution in [0, 0.1) is 5.41 Å². The van der Waals surface area contributed by atoms with Gasteiger partial charge in [0.2, 0.25) is 5.91 Å². The molecule has 39 heavy (non-hydrogen) atoms. The molecule has 212 valence electrons. The van der Waals surface area contributed by atoms with Gasteiger partial charge in [-0.2, -0.15) is 0 Å². The summed E-state index contributed by atoms with van der Waals surface area (Å²) in [5.41, 5.74) is 0.615. The topological polar surface area (TPSA) is 111 Å². The lowest BCUT2D eigenvalue weighted by Crippen LogP contribution is -2.72. The van der Waals surface area contributed by atoms with Crippen molar-refractivity contribution in [3.8, 4) is 0 Å². The quantitative estimate of drug-likeness (QED) is 0.455. The second-order valence-corrected chi connectivity index (χ2v) is 13.7. The van der Waals surface area contributed by atoms with Crippen LogP contribution < -0.4 is 21.3 Å². The molecule has 11 heteroatoms. The number of benzene rings is 1. The van der Waals surface area contributed by atoms with Gasteiger partial charge >= 0.3 is 6.09 Å². The third-order valence-corrected chi connectivity index (χ3v) is 9.57. The van der Waals surface area contributed by atoms with E-state index < -0.39 is 11.5 Å². The van der Waals surface area contributed by atoms with Crippen molar-refractivity contribution in [2.45, 2.75) is 76.5 Å². The Morgan fingerprint density at radius 2 is 1.97 bits per heavy atom. The van der Waals surface area contributed by atoms with Crippen LogP contribution in [0.5, 0.6) is 0 Å². The molecule has 3 unspecified atom stereocenters. The maximum Gasteiger partial charge on any atom is 0.410 e. The van der Waals surface area contributed by atoms with Crippen molar-refractivity contribution in [1.82, 2.24) is 36.1 Å². The van der Waals surface area contributed by atoms with Crippen LogP contribution in [-0.4, -0.2) is 90.2 Å². The Morgan fingerprint density at radius 3 is 2.67 bits per heavy atom. The van der Waals surface area contributed by atoms with E-state index in [1.807, 2.05) is 43.9 Å². The monoisotopic (exact) mass is 555 g/mol. The molecule has 1 aromatic carbocycles. The summed E-state index contributed by atoms with van der Waals surface area (Å²) in [6.07, 6.45) is 3.53. The Bertz CT molecular complexity index is 1160. The number of carbonyl (C=O) groups excluding carboxylic acids is 2. The Hall–Kier alpha value is -2.31. The van der Waals surface area contributed by atoms with Gasteiger partial charge in [-0.15, -0.1) is 11.3 Å². The zero-order chi connectivity index (χ0) is 27.2. The van der Waals surface area contributed by atoms with Crippen molar-refractivity contribution < 1.29 is 14.3 Å². The van der Waals surface area contributed by atoms with E-state index >= 15 is 0 Å². The fourth-order valence-corrected chi connectivity index (χ4v) is 7.45. The van der Waals surface area contributed by atoms with Crippen LogP contribution in [0.15, 0.2) is 24.3 Å². The van der Waals surface area contributed by atoms with Gasteiger partial charge in [0.05, 0.1) is 16.4 Å². The first-order chi connectivity index (χ1) is 18.7. The van der Waals surface area contributed by atoms with Crippen LogP contribution >= 0.6 is 11.3 Å². The average Bonchev–Trinajstić information content (AvgIpc) is 3.30. The molecule has 5 heterocycles. The predicted molar refractivity (Wildman–Crippen MR) is 151 cm³/mol. The van der Waals surface area contributed by atoms with E-state index in [1.165, 1.54) is 0 Å². The number of ether oxygens (including phenoxy) is 1. The number of thiazole rings is 1. The molecule has 1 spiro atoms. The molecule has 4 N–H and O–H groups in total. The van der Waals surface area contributed by atoms with Crippen molar-refractivity contribution in [3.63, 3.8) is 0 Å². The van der Waals surface area contributed by atoms with Gasteiger partial charge in [-0.25, -0.2) is 9.78 Å². The molecular weight excluding hydrogens is 514 g/mol. The second-order valence-electron chi connectivity index (χ2n) is 12.6. The predicted octanol–water partition coefficient (Wildman–Crippen LogP) is 2.38. The van der Waals surface area contributed by atoms with Crippen LogP contribution in [0.3, 0.4) is 0 Å². The third kappa shape index (κ3) is 5.78. The molecule has 1 aromatic heterocycles. The van der Waals surface area contributed by atoms with Gasteiger partial charge in [0.1, 0.15) is 22.8 Å². The van der Waals surface area contributed by atoms with E-state index in [0.29, 0.717) is 6.04 Å². The molecule has 2 aromatic rings. The number of aromatic nitrogens is 1. The normalized spacial score (nSPS) is 29.7. The van der Waals surface area contributed by atoms with Crippen molar-refractivity contribution in [3.05, 3.63) is 29.3 Å². The standard InChI is InChI=1S/C28H41N7O3S/c1-27(2,3)38-26(37)35-16-28(17-35)10-13-34(14-11-28)25-32-22(30-18-7-6-12-29-15-18)21(23(36)33-25)24-31-19-8-4-5-9-20(19)39-24/h4-5,8-9,18,21-22,25,29-30,32H,6-7,10-17H2,1-3H3,(H,33,36)/t18-,21?,22?,25?/m1/s1. The van der Waals surface area contributed by atoms with Crippen LogP contribution in [0.1, 0.15) is 57.4 Å². The van der Waals surface area contributed by atoms with Gasteiger partial charge in [0.15, 0.2) is 0 Å². The minimum atomic E-state index is -0.477. The average molecular weight is 556 g/mol. The van der Waals surface area contributed by atoms with E-state index in [-0.39, 0.29) is 29.9 Å². The number of rotatable bonds is 4. The zero-order valence-corrected chi connectivity index (χ0v) is 24.0. The first-order valence-corrected chi connectivity index (χ1v) is 15.1. The number of para-hydroxylation sites is 1. The number of fused-ring (bicyclic) bond motifs is 1. The zero-order valence-electron chi connectivity index (χ0n) is 23.2. The summed E-state index contributed by atoms with van der Waals surface area (Å²) in [7, 11) is 0. The summed E-state index contributed by atoms with van der Waals surface area (Å²) in [6.45, 7) is 10.9. The lowest BCUT2D eigenvalue weighted by Gasteiger charge is -2.55. The third-order valence-electron chi connectivity index (χ3n) is 8.45. The highest BCUT2D eigenvalue weighted by Crippen LogP contribution is 2.41. The molecule has 2 amide bonds. The smallest absolute Gasteiger partial charge is 0.410 e. The molecule has 0 saturated carbocycles. The highest BCUT2D eigenvalue weighted by atomic mass is 32.1. The molecule has 4 aliphatic heterocycles. The van der Waals surface area contributed by atoms with Crippen LogP contribution in [0.25, 0.3) is 10.2 Å². The Balaban J connectivity index is 1.12. The Morgan fingerprint density at radius 1 is 1.21 bits per heavy atom. The Kier molecular flexibility index (Phi) is 7.30. The lowest BCUT2D eigenvalue weighted by atomic mass is 9.72. The van der Waals surface area contributed by atoms with Crippen molar-refractivity contribution in [2.24, 2.45) is 5.41 Å². The summed E-state index contributed by atoms with van der Waals surface area (Å²) >= 11 is 1.60. The lowest BCUT2D eigenvalue weighted by molar-refractivity contribution is -0.131. The fourth-order valence-electron chi connectivity index (χ4n) is 6.34. The molecule has 0 radical (unpaired) electrons. The summed E-state index contributed by atoms with van der Waals surface area (Å²) in [6, 6.07) is 8.38. The maximum atomic E-state index is 13.7. The fraction of sp³-hybridized carbons (Fsp3) is 0.679. The number of piperidine rings is 2. The van der Waals surface area contributed by atoms with Crippen molar-refractivity contribution in [2.75, 3.05) is 39.3 Å². The minimum absolute atomic E-state index is 0.0131.